The zero-order chi connectivity index (χ0) is 38.1. The van der Waals surface area contributed by atoms with Crippen molar-refractivity contribution in [2.75, 3.05) is 13.2 Å². The number of aliphatic hydroxyl groups is 4. The summed E-state index contributed by atoms with van der Waals surface area (Å²) in [5, 5.41) is 42.5. The van der Waals surface area contributed by atoms with E-state index in [1.165, 1.54) is 17.4 Å². The van der Waals surface area contributed by atoms with Crippen LogP contribution < -0.4 is 20.9 Å². The van der Waals surface area contributed by atoms with Crippen LogP contribution in [-0.2, 0) is 16.0 Å². The highest BCUT2D eigenvalue weighted by molar-refractivity contribution is 7.22. The molecule has 1 aromatic carbocycles. The molecule has 0 aliphatic carbocycles. The fourth-order valence-electron chi connectivity index (χ4n) is 5.47. The van der Waals surface area contributed by atoms with Crippen molar-refractivity contribution in [3.05, 3.63) is 36.1 Å². The zero-order valence-corrected chi connectivity index (χ0v) is 30.7. The Morgan fingerprint density at radius 3 is 2.25 bits per heavy atom. The Bertz CT molecular complexity index is 1530. The minimum Gasteiger partial charge on any atom is -0.491 e. The number of esters is 1. The molecule has 0 amide bonds. The highest BCUT2D eigenvalue weighted by Crippen LogP contribution is 2.43. The van der Waals surface area contributed by atoms with Gasteiger partial charge in [-0.15, -0.1) is 24.5 Å². The second kappa shape index (κ2) is 18.2. The molecule has 8 N–H and O–H groups in total. The fraction of sp³-hybridized carbons (Fsp3) is 0.639. The van der Waals surface area contributed by atoms with Gasteiger partial charge in [-0.3, -0.25) is 4.79 Å². The van der Waals surface area contributed by atoms with Crippen LogP contribution in [0.15, 0.2) is 34.7 Å². The minimum absolute atomic E-state index is 0.0145. The summed E-state index contributed by atoms with van der Waals surface area (Å²) in [6, 6.07) is 7.94. The van der Waals surface area contributed by atoms with Gasteiger partial charge in [0.25, 0.3) is 0 Å². The SMILES string of the molecule is CCCCCc1cc(OC(F)(F)F)c(-c2cc3ccc(OCC(O)C(O)CC(O)C(O)CCCOC(=O)C(CC(C)(C)N)C(C)(C)N)cc3s2)o1. The Hall–Kier alpha value is -2.92. The van der Waals surface area contributed by atoms with Crippen molar-refractivity contribution < 1.29 is 57.0 Å². The number of carbonyl (C=O) groups is 1. The summed E-state index contributed by atoms with van der Waals surface area (Å²) in [5.74, 6) is -0.822. The van der Waals surface area contributed by atoms with Gasteiger partial charge in [-0.25, -0.2) is 0 Å². The summed E-state index contributed by atoms with van der Waals surface area (Å²) in [6.07, 6.45) is -6.98. The van der Waals surface area contributed by atoms with Crippen LogP contribution in [0.5, 0.6) is 11.5 Å². The predicted octanol–water partition coefficient (Wildman–Crippen LogP) is 5.81. The number of aryl methyl sites for hydroxylation is 1. The van der Waals surface area contributed by atoms with Gasteiger partial charge in [0, 0.05) is 34.7 Å². The first kappa shape index (κ1) is 42.5. The average Bonchev–Trinajstić information content (AvgIpc) is 3.61. The quantitative estimate of drug-likeness (QED) is 0.0570. The molecule has 0 saturated heterocycles. The number of thiophene rings is 1. The van der Waals surface area contributed by atoms with E-state index in [0.717, 1.165) is 24.6 Å². The number of fused-ring (bicyclic) bond motifs is 1. The first-order chi connectivity index (χ1) is 23.7. The summed E-state index contributed by atoms with van der Waals surface area (Å²) in [5.41, 5.74) is 10.8. The number of alkyl halides is 3. The molecule has 0 saturated carbocycles. The summed E-state index contributed by atoms with van der Waals surface area (Å²) >= 11 is 1.18. The maximum atomic E-state index is 13.1. The highest BCUT2D eigenvalue weighted by Gasteiger charge is 2.37. The fourth-order valence-corrected chi connectivity index (χ4v) is 6.55. The molecule has 11 nitrogen and oxygen atoms in total. The van der Waals surface area contributed by atoms with Crippen LogP contribution in [0.2, 0.25) is 0 Å². The zero-order valence-electron chi connectivity index (χ0n) is 29.9. The van der Waals surface area contributed by atoms with Crippen molar-refractivity contribution in [3.63, 3.8) is 0 Å². The molecule has 3 rings (SSSR count). The molecule has 0 radical (unpaired) electrons. The molecular formula is C36H53F3N2O9S. The number of halogens is 3. The number of rotatable bonds is 21. The largest absolute Gasteiger partial charge is 0.573 e. The second-order valence-corrected chi connectivity index (χ2v) is 15.5. The topological polar surface area (TPSA) is 191 Å². The number of hydrogen-bond donors (Lipinski definition) is 6. The number of hydrogen-bond acceptors (Lipinski definition) is 12. The Morgan fingerprint density at radius 2 is 1.63 bits per heavy atom. The van der Waals surface area contributed by atoms with E-state index < -0.39 is 59.5 Å². The monoisotopic (exact) mass is 746 g/mol. The number of unbranched alkanes of at least 4 members (excludes halogenated alkanes) is 2. The third-order valence-corrected chi connectivity index (χ3v) is 9.41. The highest BCUT2D eigenvalue weighted by atomic mass is 32.1. The maximum absolute atomic E-state index is 13.1. The lowest BCUT2D eigenvalue weighted by Crippen LogP contribution is -2.50. The van der Waals surface area contributed by atoms with Crippen LogP contribution in [0, 0.1) is 5.92 Å². The van der Waals surface area contributed by atoms with E-state index in [2.05, 4.69) is 4.74 Å². The van der Waals surface area contributed by atoms with Crippen molar-refractivity contribution in [2.45, 2.75) is 128 Å². The summed E-state index contributed by atoms with van der Waals surface area (Å²) in [4.78, 5) is 13.1. The van der Waals surface area contributed by atoms with Crippen LogP contribution in [0.3, 0.4) is 0 Å². The van der Waals surface area contributed by atoms with E-state index in [1.807, 2.05) is 6.92 Å². The maximum Gasteiger partial charge on any atom is 0.573 e. The Balaban J connectivity index is 1.52. The van der Waals surface area contributed by atoms with Crippen molar-refractivity contribution >= 4 is 27.4 Å². The molecule has 15 heteroatoms. The first-order valence-electron chi connectivity index (χ1n) is 17.2. The molecule has 0 bridgehead atoms. The lowest BCUT2D eigenvalue weighted by Gasteiger charge is -2.33. The van der Waals surface area contributed by atoms with Gasteiger partial charge in [0.1, 0.15) is 24.2 Å². The standard InChI is InChI=1S/C36H53F3N2O9S/c1-6-7-8-10-23-16-29(50-36(37,38)39)32(49-23)31-15-21-12-13-22(17-30(21)51-31)48-20-28(45)27(44)18-26(43)25(42)11-9-14-47-33(46)24(35(4,5)41)19-34(2,3)40/h12-13,15-17,24-28,42-45H,6-11,14,18-20,40-41H2,1-5H3. The smallest absolute Gasteiger partial charge is 0.491 e. The Morgan fingerprint density at radius 1 is 0.941 bits per heavy atom. The number of nitrogens with two attached hydrogens (primary N) is 2. The van der Waals surface area contributed by atoms with Crippen molar-refractivity contribution in [2.24, 2.45) is 17.4 Å². The second-order valence-electron chi connectivity index (χ2n) is 14.4. The van der Waals surface area contributed by atoms with Gasteiger partial charge in [0.15, 0.2) is 11.5 Å². The normalized spacial score (nSPS) is 15.7. The first-order valence-corrected chi connectivity index (χ1v) is 18.0. The molecule has 5 atom stereocenters. The lowest BCUT2D eigenvalue weighted by molar-refractivity contribution is -0.274. The summed E-state index contributed by atoms with van der Waals surface area (Å²) in [6.45, 7) is 8.69. The predicted molar refractivity (Wildman–Crippen MR) is 188 cm³/mol. The lowest BCUT2D eigenvalue weighted by atomic mass is 9.80. The Labute approximate surface area is 300 Å². The molecule has 0 fully saturated rings. The number of aliphatic hydroxyl groups excluding tert-OH is 4. The average molecular weight is 747 g/mol. The van der Waals surface area contributed by atoms with Gasteiger partial charge < -0.3 is 50.5 Å². The van der Waals surface area contributed by atoms with Gasteiger partial charge in [-0.1, -0.05) is 19.8 Å². The van der Waals surface area contributed by atoms with Crippen molar-refractivity contribution in [3.8, 4) is 22.1 Å². The molecule has 0 spiro atoms. The molecule has 0 aliphatic heterocycles. The third kappa shape index (κ3) is 13.9. The molecule has 3 aromatic rings. The molecule has 288 valence electrons. The van der Waals surface area contributed by atoms with Crippen LogP contribution in [-0.4, -0.2) is 81.5 Å². The van der Waals surface area contributed by atoms with Crippen molar-refractivity contribution in [1.82, 2.24) is 0 Å². The molecular weight excluding hydrogens is 693 g/mol. The van der Waals surface area contributed by atoms with E-state index in [-0.39, 0.29) is 38.2 Å². The number of carbonyl (C=O) groups excluding carboxylic acids is 1. The van der Waals surface area contributed by atoms with Gasteiger partial charge in [-0.05, 0) is 83.0 Å². The summed E-state index contributed by atoms with van der Waals surface area (Å²) in [7, 11) is 0. The molecule has 0 aliphatic rings. The Kier molecular flexibility index (Phi) is 15.2. The van der Waals surface area contributed by atoms with Crippen LogP contribution in [0.25, 0.3) is 20.7 Å². The van der Waals surface area contributed by atoms with E-state index in [9.17, 15) is 38.4 Å². The molecule has 2 aromatic heterocycles. The number of benzene rings is 1. The van der Waals surface area contributed by atoms with Crippen LogP contribution >= 0.6 is 11.3 Å². The van der Waals surface area contributed by atoms with E-state index in [1.54, 1.807) is 52.0 Å². The number of furan rings is 1. The molecule has 51 heavy (non-hydrogen) atoms. The van der Waals surface area contributed by atoms with Crippen LogP contribution in [0.1, 0.15) is 85.3 Å². The van der Waals surface area contributed by atoms with Gasteiger partial charge in [-0.2, -0.15) is 0 Å². The van der Waals surface area contributed by atoms with Gasteiger partial charge in [0.05, 0.1) is 35.7 Å². The minimum atomic E-state index is -4.89. The molecule has 2 heterocycles. The van der Waals surface area contributed by atoms with Crippen molar-refractivity contribution in [1.29, 1.82) is 0 Å². The van der Waals surface area contributed by atoms with E-state index >= 15 is 0 Å². The van der Waals surface area contributed by atoms with E-state index in [0.29, 0.717) is 33.9 Å². The van der Waals surface area contributed by atoms with Gasteiger partial charge >= 0.3 is 12.3 Å². The number of ether oxygens (including phenoxy) is 3. The summed E-state index contributed by atoms with van der Waals surface area (Å²) < 4.78 is 61.2. The van der Waals surface area contributed by atoms with Gasteiger partial charge in [0.2, 0.25) is 0 Å². The molecule has 5 unspecified atom stereocenters. The van der Waals surface area contributed by atoms with E-state index in [4.69, 9.17) is 25.4 Å². The third-order valence-electron chi connectivity index (χ3n) is 8.31. The van der Waals surface area contributed by atoms with Crippen LogP contribution in [0.4, 0.5) is 13.2 Å².